The van der Waals surface area contributed by atoms with E-state index in [1.807, 2.05) is 0 Å². The summed E-state index contributed by atoms with van der Waals surface area (Å²) < 4.78 is 53.8. The predicted octanol–water partition coefficient (Wildman–Crippen LogP) is -6.11. The van der Waals surface area contributed by atoms with Crippen molar-refractivity contribution in [3.8, 4) is 0 Å². The van der Waals surface area contributed by atoms with E-state index in [0.29, 0.717) is 25.7 Å². The van der Waals surface area contributed by atoms with Gasteiger partial charge < -0.3 is 124 Å². The molecule has 27 heteroatoms. The zero-order valence-corrected chi connectivity index (χ0v) is 42.9. The molecule has 16 N–H and O–H groups in total. The molecule has 0 spiro atoms. The molecule has 4 heterocycles. The first-order valence-electron chi connectivity index (χ1n) is 27.2. The number of fused-ring (bicyclic) bond motifs is 1. The lowest BCUT2D eigenvalue weighted by Crippen LogP contribution is -2.63. The topological polar surface area (TPSA) is 441 Å². The number of esters is 2. The maximum atomic E-state index is 12.7. The van der Waals surface area contributed by atoms with Crippen molar-refractivity contribution in [1.29, 1.82) is 0 Å². The lowest BCUT2D eigenvalue weighted by molar-refractivity contribution is -0.346. The van der Waals surface area contributed by atoms with E-state index in [-0.39, 0.29) is 63.2 Å². The van der Waals surface area contributed by atoms with Crippen molar-refractivity contribution in [2.24, 2.45) is 23.7 Å². The fraction of sp³-hybridized carbons (Fsp3) is 0.882. The highest BCUT2D eigenvalue weighted by Crippen LogP contribution is 2.46. The zero-order chi connectivity index (χ0) is 56.3. The second-order valence-corrected chi connectivity index (χ2v) is 22.4. The third-order valence-corrected chi connectivity index (χ3v) is 17.0. The standard InChI is InChI=1S/C51H80O27/c52-17-34-39(61)42(64)45(67)51(76-34)75-33-16-24-30(14-23(53)15-31(24)73-49-46(68)43(65)40(62)35(77-49)18-70-37(59)9-3-20-1-6-25(54)28(57)11-20)72-48(33)22-5-8-27(56)32(13-22)74-50-47(69)44(66)41(63)36(78-50)19-71-38(60)10-4-21-2-7-26(55)29(58)12-21/h3-4,9-10,20-36,39-58,61-69H,1-2,5-8,11-19H2/t20?,21?,22?,23?,24?,25?,26?,27?,28?,29?,30?,31?,32?,33?,34-,35-,36-,39-,40-,41-,42+,43+,44+,45-,46-,47-,48?,49-,50-,51-/m1/s1. The third-order valence-electron chi connectivity index (χ3n) is 17.0. The van der Waals surface area contributed by atoms with Crippen molar-refractivity contribution in [3.05, 3.63) is 24.3 Å². The molecule has 8 aliphatic rings. The van der Waals surface area contributed by atoms with E-state index in [4.69, 9.17) is 42.6 Å². The quantitative estimate of drug-likeness (QED) is 0.0505. The van der Waals surface area contributed by atoms with E-state index in [1.165, 1.54) is 12.2 Å². The molecule has 446 valence electrons. The van der Waals surface area contributed by atoms with Gasteiger partial charge in [0.1, 0.15) is 86.5 Å². The summed E-state index contributed by atoms with van der Waals surface area (Å²) in [4.78, 5) is 25.4. The zero-order valence-electron chi connectivity index (χ0n) is 42.9. The maximum absolute atomic E-state index is 12.7. The first kappa shape index (κ1) is 61.6. The van der Waals surface area contributed by atoms with Gasteiger partial charge in [0.15, 0.2) is 18.9 Å². The highest BCUT2D eigenvalue weighted by atomic mass is 16.7. The van der Waals surface area contributed by atoms with Crippen molar-refractivity contribution >= 4 is 11.9 Å². The minimum absolute atomic E-state index is 0.0134. The van der Waals surface area contributed by atoms with Crippen LogP contribution in [0.5, 0.6) is 0 Å². The smallest absolute Gasteiger partial charge is 0.330 e. The van der Waals surface area contributed by atoms with Crippen LogP contribution < -0.4 is 0 Å². The third kappa shape index (κ3) is 14.6. The number of aliphatic hydroxyl groups is 16. The Balaban J connectivity index is 0.945. The number of hydrogen-bond donors (Lipinski definition) is 16. The van der Waals surface area contributed by atoms with Crippen LogP contribution in [0.4, 0.5) is 0 Å². The van der Waals surface area contributed by atoms with Crippen molar-refractivity contribution in [1.82, 2.24) is 0 Å². The Morgan fingerprint density at radius 1 is 0.423 bits per heavy atom. The van der Waals surface area contributed by atoms with E-state index in [0.717, 1.165) is 12.2 Å². The lowest BCUT2D eigenvalue weighted by Gasteiger charge is -2.53. The molecule has 27 nitrogen and oxygen atoms in total. The highest BCUT2D eigenvalue weighted by molar-refractivity contribution is 5.82. The number of aliphatic hydroxyl groups excluding tert-OH is 16. The predicted molar refractivity (Wildman–Crippen MR) is 256 cm³/mol. The van der Waals surface area contributed by atoms with Gasteiger partial charge in [-0.15, -0.1) is 0 Å². The van der Waals surface area contributed by atoms with Gasteiger partial charge in [0, 0.05) is 24.5 Å². The molecule has 4 aliphatic heterocycles. The number of carbonyl (C=O) groups is 2. The second kappa shape index (κ2) is 27.3. The van der Waals surface area contributed by atoms with E-state index >= 15 is 0 Å². The minimum Gasteiger partial charge on any atom is -0.460 e. The molecule has 0 bridgehead atoms. The average Bonchev–Trinajstić information content (AvgIpc) is 3.54. The summed E-state index contributed by atoms with van der Waals surface area (Å²) in [5, 5.41) is 170. The summed E-state index contributed by atoms with van der Waals surface area (Å²) in [6, 6.07) is 0. The van der Waals surface area contributed by atoms with Gasteiger partial charge in [0.05, 0.1) is 73.8 Å². The Bertz CT molecular complexity index is 1980. The summed E-state index contributed by atoms with van der Waals surface area (Å²) in [5.74, 6) is -3.41. The lowest BCUT2D eigenvalue weighted by atomic mass is 9.72. The van der Waals surface area contributed by atoms with Gasteiger partial charge in [-0.05, 0) is 88.4 Å². The van der Waals surface area contributed by atoms with E-state index in [9.17, 15) is 91.3 Å². The molecule has 8 fully saturated rings. The molecule has 30 atom stereocenters. The van der Waals surface area contributed by atoms with Gasteiger partial charge in [0.2, 0.25) is 0 Å². The van der Waals surface area contributed by atoms with E-state index < -0.39 is 203 Å². The SMILES string of the molecule is O=C(C=CC1CCC(O)C(O)C1)OC[C@H]1O[C@@H](OC2CC(C3OC4CC(O)CC(O[C@@H]5O[C@H](COC(=O)C=CC6CCC(O)C(O)C6)[C@@H](O)[C@H](O)[C@H]5O)C4CC3O[C@@H]3O[C@H](CO)[C@@H](O)[C@H](O)[C@H]3O)CCC2O)[C@H](O)[C@@H](O)[C@@H]1O. The number of carbonyl (C=O) groups excluding carboxylic acids is 2. The van der Waals surface area contributed by atoms with Crippen molar-refractivity contribution in [2.45, 2.75) is 236 Å². The normalized spacial score (nSPS) is 49.5. The number of ether oxygens (including phenoxy) is 9. The Labute approximate surface area is 449 Å². The molecule has 0 radical (unpaired) electrons. The fourth-order valence-electron chi connectivity index (χ4n) is 12.2. The molecule has 4 aliphatic carbocycles. The molecule has 0 aromatic heterocycles. The first-order valence-corrected chi connectivity index (χ1v) is 27.2. The summed E-state index contributed by atoms with van der Waals surface area (Å²) in [5.41, 5.74) is 0. The van der Waals surface area contributed by atoms with Crippen LogP contribution >= 0.6 is 0 Å². The molecular formula is C51H80O27. The van der Waals surface area contributed by atoms with Crippen molar-refractivity contribution in [3.63, 3.8) is 0 Å². The molecule has 4 saturated heterocycles. The maximum Gasteiger partial charge on any atom is 0.330 e. The summed E-state index contributed by atoms with van der Waals surface area (Å²) >= 11 is 0. The molecule has 0 amide bonds. The molecular weight excluding hydrogens is 1040 g/mol. The van der Waals surface area contributed by atoms with Crippen molar-refractivity contribution < 1.29 is 134 Å². The number of allylic oxidation sites excluding steroid dienone is 2. The minimum atomic E-state index is -1.86. The highest BCUT2D eigenvalue weighted by Gasteiger charge is 2.55. The molecule has 0 aromatic carbocycles. The van der Waals surface area contributed by atoms with Crippen LogP contribution in [0.2, 0.25) is 0 Å². The monoisotopic (exact) mass is 1120 g/mol. The van der Waals surface area contributed by atoms with Crippen LogP contribution in [0.15, 0.2) is 24.3 Å². The number of hydrogen-bond acceptors (Lipinski definition) is 27. The Kier molecular flexibility index (Phi) is 21.5. The van der Waals surface area contributed by atoms with Crippen molar-refractivity contribution in [2.75, 3.05) is 19.8 Å². The van der Waals surface area contributed by atoms with Crippen LogP contribution in [0.25, 0.3) is 0 Å². The van der Waals surface area contributed by atoms with Gasteiger partial charge in [-0.3, -0.25) is 0 Å². The molecule has 78 heavy (non-hydrogen) atoms. The molecule has 8 rings (SSSR count). The van der Waals surface area contributed by atoms with E-state index in [2.05, 4.69) is 0 Å². The Morgan fingerprint density at radius 2 is 0.872 bits per heavy atom. The average molecular weight is 1130 g/mol. The largest absolute Gasteiger partial charge is 0.460 e. The summed E-state index contributed by atoms with van der Waals surface area (Å²) in [7, 11) is 0. The van der Waals surface area contributed by atoms with Gasteiger partial charge >= 0.3 is 11.9 Å². The Hall–Kier alpha value is -2.50. The van der Waals surface area contributed by atoms with Crippen LogP contribution in [-0.2, 0) is 52.2 Å². The fourth-order valence-corrected chi connectivity index (χ4v) is 12.2. The second-order valence-electron chi connectivity index (χ2n) is 22.4. The summed E-state index contributed by atoms with van der Waals surface area (Å²) in [6.07, 6.45) is -28.8. The summed E-state index contributed by atoms with van der Waals surface area (Å²) in [6.45, 7) is -1.96. The van der Waals surface area contributed by atoms with Gasteiger partial charge in [-0.1, -0.05) is 12.2 Å². The van der Waals surface area contributed by atoms with Crippen LogP contribution in [0.1, 0.15) is 77.0 Å². The molecule has 0 aromatic rings. The van der Waals surface area contributed by atoms with Gasteiger partial charge in [-0.2, -0.15) is 0 Å². The van der Waals surface area contributed by atoms with Crippen LogP contribution in [0, 0.1) is 23.7 Å². The van der Waals surface area contributed by atoms with Crippen LogP contribution in [-0.4, -0.2) is 273 Å². The molecule has 15 unspecified atom stereocenters. The Morgan fingerprint density at radius 3 is 1.36 bits per heavy atom. The van der Waals surface area contributed by atoms with Crippen LogP contribution in [0.3, 0.4) is 0 Å². The van der Waals surface area contributed by atoms with E-state index in [1.54, 1.807) is 0 Å². The first-order chi connectivity index (χ1) is 37.1. The van der Waals surface area contributed by atoms with Gasteiger partial charge in [-0.25, -0.2) is 9.59 Å². The van der Waals surface area contributed by atoms with Gasteiger partial charge in [0.25, 0.3) is 0 Å². The molecule has 4 saturated carbocycles. The number of rotatable bonds is 16.